The number of ether oxygens (including phenoxy) is 1. The van der Waals surface area contributed by atoms with Gasteiger partial charge >= 0.3 is 0 Å². The first-order valence-corrected chi connectivity index (χ1v) is 12.8. The van der Waals surface area contributed by atoms with E-state index in [1.54, 1.807) is 7.11 Å². The number of nitrogens with zero attached hydrogens (tertiary/aromatic N) is 2. The molecule has 1 saturated heterocycles. The van der Waals surface area contributed by atoms with Gasteiger partial charge in [-0.15, -0.1) is 0 Å². The fourth-order valence-corrected chi connectivity index (χ4v) is 6.20. The van der Waals surface area contributed by atoms with E-state index >= 15 is 0 Å². The van der Waals surface area contributed by atoms with Crippen LogP contribution in [-0.4, -0.2) is 60.5 Å². The zero-order valence-electron chi connectivity index (χ0n) is 21.2. The first-order chi connectivity index (χ1) is 16.0. The summed E-state index contributed by atoms with van der Waals surface area (Å²) in [7, 11) is 1.75. The Kier molecular flexibility index (Phi) is 7.18. The number of nitrogens with one attached hydrogen (secondary N) is 1. The number of carbonyl (C=O) groups is 1. The average Bonchev–Trinajstić information content (AvgIpc) is 3.16. The van der Waals surface area contributed by atoms with Crippen molar-refractivity contribution in [3.8, 4) is 5.75 Å². The molecule has 5 nitrogen and oxygen atoms in total. The Labute approximate surface area is 199 Å². The predicted molar refractivity (Wildman–Crippen MR) is 134 cm³/mol. The van der Waals surface area contributed by atoms with E-state index in [9.17, 15) is 4.79 Å². The van der Waals surface area contributed by atoms with Gasteiger partial charge in [0, 0.05) is 30.7 Å². The monoisotopic (exact) mass is 451 g/mol. The molecule has 0 saturated carbocycles. The Balaban J connectivity index is 1.74. The van der Waals surface area contributed by atoms with Crippen molar-refractivity contribution in [1.82, 2.24) is 14.8 Å². The molecular formula is C28H41N3O2. The second kappa shape index (κ2) is 9.92. The molecule has 1 aliphatic heterocycles. The highest BCUT2D eigenvalue weighted by Crippen LogP contribution is 2.49. The Hall–Kier alpha value is -2.27. The summed E-state index contributed by atoms with van der Waals surface area (Å²) in [6.45, 7) is 13.4. The number of methoxy groups -OCH3 is 1. The Bertz CT molecular complexity index is 978. The van der Waals surface area contributed by atoms with Gasteiger partial charge in [0.15, 0.2) is 0 Å². The third-order valence-corrected chi connectivity index (χ3v) is 8.28. The fraction of sp³-hybridized carbons (Fsp3) is 0.607. The van der Waals surface area contributed by atoms with Crippen LogP contribution in [0.5, 0.6) is 5.75 Å². The number of piperidine rings is 1. The summed E-state index contributed by atoms with van der Waals surface area (Å²) in [4.78, 5) is 21.4. The number of H-pyrrole nitrogens is 1. The van der Waals surface area contributed by atoms with Crippen molar-refractivity contribution in [2.75, 3.05) is 39.8 Å². The lowest BCUT2D eigenvalue weighted by molar-refractivity contribution is 0.0765. The molecule has 1 aromatic heterocycles. The second-order valence-electron chi connectivity index (χ2n) is 9.93. The molecular weight excluding hydrogens is 410 g/mol. The molecule has 1 aromatic carbocycles. The molecule has 2 aromatic rings. The van der Waals surface area contributed by atoms with Crippen molar-refractivity contribution in [3.05, 3.63) is 52.3 Å². The molecule has 0 unspecified atom stereocenters. The van der Waals surface area contributed by atoms with Crippen LogP contribution in [0.15, 0.2) is 24.3 Å². The van der Waals surface area contributed by atoms with E-state index in [0.717, 1.165) is 62.4 Å². The van der Waals surface area contributed by atoms with Crippen molar-refractivity contribution in [2.24, 2.45) is 5.92 Å². The summed E-state index contributed by atoms with van der Waals surface area (Å²) in [5.74, 6) is 1.60. The molecule has 4 rings (SSSR count). The number of carbonyl (C=O) groups excluding carboxylic acids is 1. The van der Waals surface area contributed by atoms with Gasteiger partial charge in [0.1, 0.15) is 11.4 Å². The third-order valence-electron chi connectivity index (χ3n) is 8.28. The highest BCUT2D eigenvalue weighted by molar-refractivity contribution is 5.94. The Morgan fingerprint density at radius 2 is 2.06 bits per heavy atom. The fourth-order valence-electron chi connectivity index (χ4n) is 6.20. The first kappa shape index (κ1) is 23.9. The van der Waals surface area contributed by atoms with Gasteiger partial charge in [0.25, 0.3) is 5.91 Å². The van der Waals surface area contributed by atoms with Crippen molar-refractivity contribution >= 4 is 5.91 Å². The lowest BCUT2D eigenvalue weighted by atomic mass is 9.58. The number of aromatic nitrogens is 1. The number of aromatic amines is 1. The molecule has 0 bridgehead atoms. The normalized spacial score (nSPS) is 22.5. The van der Waals surface area contributed by atoms with Crippen molar-refractivity contribution in [2.45, 2.75) is 65.2 Å². The van der Waals surface area contributed by atoms with E-state index in [-0.39, 0.29) is 11.3 Å². The average molecular weight is 452 g/mol. The third kappa shape index (κ3) is 4.32. The minimum absolute atomic E-state index is 0.0804. The molecule has 2 atom stereocenters. The molecule has 0 spiro atoms. The second-order valence-corrected chi connectivity index (χ2v) is 9.93. The maximum absolute atomic E-state index is 13.2. The maximum Gasteiger partial charge on any atom is 0.270 e. The molecule has 1 aliphatic carbocycles. The van der Waals surface area contributed by atoms with Crippen LogP contribution in [0.1, 0.15) is 72.9 Å². The molecule has 2 aliphatic rings. The minimum atomic E-state index is 0.0804. The molecule has 0 radical (unpaired) electrons. The largest absolute Gasteiger partial charge is 0.497 e. The number of hydrogen-bond donors (Lipinski definition) is 1. The van der Waals surface area contributed by atoms with E-state index in [0.29, 0.717) is 5.92 Å². The summed E-state index contributed by atoms with van der Waals surface area (Å²) in [6.07, 6.45) is 5.64. The summed E-state index contributed by atoms with van der Waals surface area (Å²) in [5, 5.41) is 0. The van der Waals surface area contributed by atoms with Crippen molar-refractivity contribution in [3.63, 3.8) is 0 Å². The standard InChI is InChI=1S/C28H41N3O2/c1-6-9-14-30-15-13-28(21-11-10-12-23(16-21)33-5)18-25-24(17-22(28)19-30)20(4)26(29-25)27(32)31(7-2)8-3/h10-12,16,22,29H,6-9,13-15,17-19H2,1-5H3/t22-,28+/m0/s1. The van der Waals surface area contributed by atoms with Crippen LogP contribution in [0.3, 0.4) is 0 Å². The van der Waals surface area contributed by atoms with Crippen LogP contribution in [0.4, 0.5) is 0 Å². The predicted octanol–water partition coefficient (Wildman–Crippen LogP) is 4.97. The van der Waals surface area contributed by atoms with Gasteiger partial charge in [-0.05, 0) is 94.3 Å². The number of amides is 1. The molecule has 5 heteroatoms. The van der Waals surface area contributed by atoms with Gasteiger partial charge in [-0.2, -0.15) is 0 Å². The SMILES string of the molecule is CCCCN1CC[C@]2(c3cccc(OC)c3)Cc3[nH]c(C(=O)N(CC)CC)c(C)c3C[C@H]2C1. The van der Waals surface area contributed by atoms with Crippen LogP contribution in [-0.2, 0) is 18.3 Å². The highest BCUT2D eigenvalue weighted by atomic mass is 16.5. The molecule has 1 N–H and O–H groups in total. The van der Waals surface area contributed by atoms with Crippen LogP contribution in [0.25, 0.3) is 0 Å². The van der Waals surface area contributed by atoms with Crippen LogP contribution in [0.2, 0.25) is 0 Å². The quantitative estimate of drug-likeness (QED) is 0.616. The minimum Gasteiger partial charge on any atom is -0.497 e. The lowest BCUT2D eigenvalue weighted by Gasteiger charge is -2.51. The van der Waals surface area contributed by atoms with Gasteiger partial charge in [-0.25, -0.2) is 0 Å². The van der Waals surface area contributed by atoms with Gasteiger partial charge in [0.2, 0.25) is 0 Å². The van der Waals surface area contributed by atoms with E-state index in [1.807, 2.05) is 11.0 Å². The summed E-state index contributed by atoms with van der Waals surface area (Å²) in [6, 6.07) is 8.71. The molecule has 180 valence electrons. The molecule has 1 amide bonds. The number of benzene rings is 1. The van der Waals surface area contributed by atoms with Gasteiger partial charge in [-0.3, -0.25) is 4.79 Å². The lowest BCUT2D eigenvalue weighted by Crippen LogP contribution is -2.53. The van der Waals surface area contributed by atoms with Crippen molar-refractivity contribution < 1.29 is 9.53 Å². The van der Waals surface area contributed by atoms with E-state index in [2.05, 4.69) is 55.8 Å². The van der Waals surface area contributed by atoms with E-state index in [1.165, 1.54) is 36.2 Å². The van der Waals surface area contributed by atoms with Crippen molar-refractivity contribution in [1.29, 1.82) is 0 Å². The summed E-state index contributed by atoms with van der Waals surface area (Å²) < 4.78 is 5.60. The maximum atomic E-state index is 13.2. The Morgan fingerprint density at radius 3 is 2.76 bits per heavy atom. The smallest absolute Gasteiger partial charge is 0.270 e. The van der Waals surface area contributed by atoms with Crippen LogP contribution in [0, 0.1) is 12.8 Å². The van der Waals surface area contributed by atoms with E-state index < -0.39 is 0 Å². The zero-order chi connectivity index (χ0) is 23.6. The zero-order valence-corrected chi connectivity index (χ0v) is 21.2. The molecule has 33 heavy (non-hydrogen) atoms. The first-order valence-electron chi connectivity index (χ1n) is 12.8. The van der Waals surface area contributed by atoms with E-state index in [4.69, 9.17) is 4.74 Å². The molecule has 2 heterocycles. The summed E-state index contributed by atoms with van der Waals surface area (Å²) >= 11 is 0. The topological polar surface area (TPSA) is 48.6 Å². The number of rotatable bonds is 8. The number of fused-ring (bicyclic) bond motifs is 2. The number of unbranched alkanes of at least 4 members (excludes halogenated alkanes) is 1. The molecule has 1 fully saturated rings. The van der Waals surface area contributed by atoms with Gasteiger partial charge in [0.05, 0.1) is 7.11 Å². The van der Waals surface area contributed by atoms with Gasteiger partial charge in [-0.1, -0.05) is 25.5 Å². The van der Waals surface area contributed by atoms with Crippen LogP contribution < -0.4 is 4.74 Å². The number of hydrogen-bond acceptors (Lipinski definition) is 3. The highest BCUT2D eigenvalue weighted by Gasteiger charge is 2.48. The summed E-state index contributed by atoms with van der Waals surface area (Å²) in [5.41, 5.74) is 6.07. The van der Waals surface area contributed by atoms with Crippen LogP contribution >= 0.6 is 0 Å². The van der Waals surface area contributed by atoms with Gasteiger partial charge < -0.3 is 19.5 Å². The number of likely N-dealkylation sites (tertiary alicyclic amines) is 1. The Morgan fingerprint density at radius 1 is 1.27 bits per heavy atom.